The molecule has 0 saturated carbocycles. The van der Waals surface area contributed by atoms with Crippen molar-refractivity contribution >= 4 is 0 Å². The molecule has 23 heavy (non-hydrogen) atoms. The Morgan fingerprint density at radius 2 is 1.30 bits per heavy atom. The van der Waals surface area contributed by atoms with Crippen molar-refractivity contribution in [3.05, 3.63) is 18.2 Å². The lowest BCUT2D eigenvalue weighted by Gasteiger charge is -2.03. The second kappa shape index (κ2) is 16.3. The SMILES string of the molecule is COCCCCCCCCCCCCCC[n+]1cc[nH]c1C.[Cl-]. The molecule has 0 radical (unpaired) electrons. The van der Waals surface area contributed by atoms with Crippen LogP contribution in [-0.2, 0) is 11.3 Å². The summed E-state index contributed by atoms with van der Waals surface area (Å²) in [5, 5.41) is 0. The second-order valence-corrected chi connectivity index (χ2v) is 6.47. The fourth-order valence-electron chi connectivity index (χ4n) is 2.98. The van der Waals surface area contributed by atoms with Crippen LogP contribution < -0.4 is 17.0 Å². The summed E-state index contributed by atoms with van der Waals surface area (Å²) >= 11 is 0. The summed E-state index contributed by atoms with van der Waals surface area (Å²) in [5.41, 5.74) is 0. The minimum atomic E-state index is 0. The number of imidazole rings is 1. The number of aromatic amines is 1. The summed E-state index contributed by atoms with van der Waals surface area (Å²) < 4.78 is 7.38. The third kappa shape index (κ3) is 12.5. The first-order chi connectivity index (χ1) is 10.8. The highest BCUT2D eigenvalue weighted by atomic mass is 35.5. The lowest BCUT2D eigenvalue weighted by molar-refractivity contribution is -0.702. The van der Waals surface area contributed by atoms with Gasteiger partial charge in [0.15, 0.2) is 0 Å². The number of ether oxygens (including phenoxy) is 1. The van der Waals surface area contributed by atoms with E-state index in [4.69, 9.17) is 4.74 Å². The molecular weight excluding hydrogens is 308 g/mol. The van der Waals surface area contributed by atoms with E-state index in [0.717, 1.165) is 6.61 Å². The normalized spacial score (nSPS) is 10.7. The van der Waals surface area contributed by atoms with Gasteiger partial charge in [0.1, 0.15) is 12.4 Å². The molecule has 0 amide bonds. The Bertz CT molecular complexity index is 355. The van der Waals surface area contributed by atoms with E-state index in [-0.39, 0.29) is 12.4 Å². The number of aryl methyl sites for hydroxylation is 2. The third-order valence-electron chi connectivity index (χ3n) is 4.47. The van der Waals surface area contributed by atoms with Crippen LogP contribution in [0.15, 0.2) is 12.4 Å². The molecule has 0 saturated heterocycles. The van der Waals surface area contributed by atoms with Crippen LogP contribution in [0.2, 0.25) is 0 Å². The molecule has 0 unspecified atom stereocenters. The summed E-state index contributed by atoms with van der Waals surface area (Å²) in [7, 11) is 1.79. The van der Waals surface area contributed by atoms with Crippen LogP contribution in [0.25, 0.3) is 0 Å². The molecule has 0 fully saturated rings. The number of aromatic nitrogens is 2. The van der Waals surface area contributed by atoms with E-state index in [2.05, 4.69) is 22.7 Å². The molecule has 136 valence electrons. The average Bonchev–Trinajstić information content (AvgIpc) is 2.93. The molecule has 1 N–H and O–H groups in total. The topological polar surface area (TPSA) is 28.9 Å². The number of hydrogen-bond donors (Lipinski definition) is 1. The van der Waals surface area contributed by atoms with Gasteiger partial charge in [0.05, 0.1) is 6.54 Å². The summed E-state index contributed by atoms with van der Waals surface area (Å²) in [6.45, 7) is 4.23. The zero-order chi connectivity index (χ0) is 15.9. The second-order valence-electron chi connectivity index (χ2n) is 6.47. The van der Waals surface area contributed by atoms with Crippen molar-refractivity contribution in [2.45, 2.75) is 90.5 Å². The molecule has 1 heterocycles. The molecule has 1 rings (SSSR count). The Morgan fingerprint density at radius 1 is 0.826 bits per heavy atom. The molecule has 1 aromatic heterocycles. The maximum atomic E-state index is 5.07. The van der Waals surface area contributed by atoms with Crippen LogP contribution in [0.1, 0.15) is 82.9 Å². The molecule has 0 aromatic carbocycles. The Hall–Kier alpha value is -0.540. The summed E-state index contributed by atoms with van der Waals surface area (Å²) in [4.78, 5) is 3.22. The highest BCUT2D eigenvalue weighted by Crippen LogP contribution is 2.12. The van der Waals surface area contributed by atoms with Gasteiger partial charge in [0.2, 0.25) is 0 Å². The highest BCUT2D eigenvalue weighted by molar-refractivity contribution is 4.70. The first-order valence-electron chi connectivity index (χ1n) is 9.37. The fourth-order valence-corrected chi connectivity index (χ4v) is 2.98. The first kappa shape index (κ1) is 22.5. The zero-order valence-electron chi connectivity index (χ0n) is 15.3. The number of hydrogen-bond acceptors (Lipinski definition) is 1. The van der Waals surface area contributed by atoms with E-state index in [1.165, 1.54) is 89.4 Å². The molecule has 0 atom stereocenters. The van der Waals surface area contributed by atoms with E-state index < -0.39 is 0 Å². The minimum absolute atomic E-state index is 0. The fraction of sp³-hybridized carbons (Fsp3) is 0.842. The van der Waals surface area contributed by atoms with Crippen molar-refractivity contribution in [1.29, 1.82) is 0 Å². The summed E-state index contributed by atoms with van der Waals surface area (Å²) in [6.07, 6.45) is 20.8. The van der Waals surface area contributed by atoms with Gasteiger partial charge in [-0.2, -0.15) is 0 Å². The molecule has 0 aliphatic rings. The van der Waals surface area contributed by atoms with Gasteiger partial charge in [0.25, 0.3) is 5.82 Å². The van der Waals surface area contributed by atoms with Gasteiger partial charge in [-0.3, -0.25) is 0 Å². The van der Waals surface area contributed by atoms with E-state index >= 15 is 0 Å². The van der Waals surface area contributed by atoms with Crippen molar-refractivity contribution in [3.8, 4) is 0 Å². The van der Waals surface area contributed by atoms with Crippen molar-refractivity contribution in [2.75, 3.05) is 13.7 Å². The van der Waals surface area contributed by atoms with Gasteiger partial charge in [-0.05, 0) is 19.3 Å². The van der Waals surface area contributed by atoms with Gasteiger partial charge in [-0.25, -0.2) is 9.55 Å². The van der Waals surface area contributed by atoms with E-state index in [0.29, 0.717) is 0 Å². The van der Waals surface area contributed by atoms with Crippen LogP contribution in [0.3, 0.4) is 0 Å². The van der Waals surface area contributed by atoms with Gasteiger partial charge >= 0.3 is 0 Å². The first-order valence-corrected chi connectivity index (χ1v) is 9.37. The predicted octanol–water partition coefficient (Wildman–Crippen LogP) is 1.94. The predicted molar refractivity (Wildman–Crippen MR) is 93.0 cm³/mol. The summed E-state index contributed by atoms with van der Waals surface area (Å²) in [5.74, 6) is 1.27. The minimum Gasteiger partial charge on any atom is -1.00 e. The standard InChI is InChI=1S/C19H36N2O.ClH/c1-19-20-15-17-21(19)16-13-11-9-7-5-3-4-6-8-10-12-14-18-22-2;/h15,17H,3-14,16,18H2,1-2H3;1H. The molecule has 0 aliphatic heterocycles. The molecule has 0 aliphatic carbocycles. The number of nitrogens with one attached hydrogen (secondary N) is 1. The van der Waals surface area contributed by atoms with Crippen molar-refractivity contribution in [1.82, 2.24) is 4.98 Å². The average molecular weight is 345 g/mol. The van der Waals surface area contributed by atoms with Gasteiger partial charge in [0, 0.05) is 20.6 Å². The lowest BCUT2D eigenvalue weighted by Crippen LogP contribution is -3.00. The van der Waals surface area contributed by atoms with Crippen LogP contribution >= 0.6 is 0 Å². The summed E-state index contributed by atoms with van der Waals surface area (Å²) in [6, 6.07) is 0. The van der Waals surface area contributed by atoms with Crippen molar-refractivity contribution < 1.29 is 21.7 Å². The Kier molecular flexibility index (Phi) is 15.9. The molecule has 3 nitrogen and oxygen atoms in total. The zero-order valence-corrected chi connectivity index (χ0v) is 16.0. The van der Waals surface area contributed by atoms with Gasteiger partial charge in [-0.15, -0.1) is 0 Å². The van der Waals surface area contributed by atoms with E-state index in [1.54, 1.807) is 7.11 Å². The Labute approximate surface area is 149 Å². The molecule has 1 aromatic rings. The van der Waals surface area contributed by atoms with Crippen LogP contribution in [0, 0.1) is 6.92 Å². The highest BCUT2D eigenvalue weighted by Gasteiger charge is 2.02. The number of rotatable bonds is 15. The number of unbranched alkanes of at least 4 members (excludes halogenated alkanes) is 11. The van der Waals surface area contributed by atoms with Gasteiger partial charge in [-0.1, -0.05) is 57.8 Å². The Morgan fingerprint density at radius 3 is 1.74 bits per heavy atom. The quantitative estimate of drug-likeness (QED) is 0.382. The van der Waals surface area contributed by atoms with Gasteiger partial charge < -0.3 is 17.1 Å². The molecule has 0 bridgehead atoms. The Balaban J connectivity index is 0.00000484. The number of H-pyrrole nitrogens is 1. The lowest BCUT2D eigenvalue weighted by atomic mass is 10.1. The van der Waals surface area contributed by atoms with Crippen molar-refractivity contribution in [3.63, 3.8) is 0 Å². The third-order valence-corrected chi connectivity index (χ3v) is 4.47. The van der Waals surface area contributed by atoms with E-state index in [1.807, 2.05) is 6.20 Å². The molecule has 0 spiro atoms. The number of halogens is 1. The van der Waals surface area contributed by atoms with Crippen LogP contribution in [0.5, 0.6) is 0 Å². The van der Waals surface area contributed by atoms with Crippen LogP contribution in [0.4, 0.5) is 0 Å². The monoisotopic (exact) mass is 344 g/mol. The van der Waals surface area contributed by atoms with Crippen LogP contribution in [-0.4, -0.2) is 18.7 Å². The maximum absolute atomic E-state index is 5.07. The maximum Gasteiger partial charge on any atom is 0.251 e. The number of nitrogens with zero attached hydrogens (tertiary/aromatic N) is 1. The largest absolute Gasteiger partial charge is 1.00 e. The van der Waals surface area contributed by atoms with Crippen molar-refractivity contribution in [2.24, 2.45) is 0 Å². The number of methoxy groups -OCH3 is 1. The molecular formula is C19H37ClN2O. The smallest absolute Gasteiger partial charge is 0.251 e. The molecule has 4 heteroatoms. The van der Waals surface area contributed by atoms with E-state index in [9.17, 15) is 0 Å².